The molecule has 2 heteroatoms. The zero-order valence-electron chi connectivity index (χ0n) is 32.4. The van der Waals surface area contributed by atoms with Gasteiger partial charge in [0, 0.05) is 42.3 Å². The molecule has 1 unspecified atom stereocenters. The maximum atomic E-state index is 4.54. The average molecular weight is 737 g/mol. The van der Waals surface area contributed by atoms with Crippen molar-refractivity contribution in [2.75, 3.05) is 29.4 Å². The lowest BCUT2D eigenvalue weighted by Crippen LogP contribution is -2.30. The molecule has 0 radical (unpaired) electrons. The molecule has 6 aromatic rings. The van der Waals surface area contributed by atoms with Crippen LogP contribution in [0.25, 0.3) is 33.1 Å². The summed E-state index contributed by atoms with van der Waals surface area (Å²) in [5.74, 6) is 0.338. The number of para-hydroxylation sites is 1. The number of fused-ring (bicyclic) bond motifs is 2. The Hall–Kier alpha value is -6.90. The highest BCUT2D eigenvalue weighted by atomic mass is 15.2. The van der Waals surface area contributed by atoms with E-state index in [1.54, 1.807) is 0 Å². The quantitative estimate of drug-likeness (QED) is 0.122. The largest absolute Gasteiger partial charge is 0.367 e. The van der Waals surface area contributed by atoms with Crippen LogP contribution in [0.3, 0.4) is 0 Å². The minimum Gasteiger partial charge on any atom is -0.367 e. The van der Waals surface area contributed by atoms with Crippen LogP contribution in [0.1, 0.15) is 28.7 Å². The lowest BCUT2D eigenvalue weighted by Gasteiger charge is -2.32. The van der Waals surface area contributed by atoms with Gasteiger partial charge >= 0.3 is 0 Å². The van der Waals surface area contributed by atoms with Crippen LogP contribution in [0.15, 0.2) is 226 Å². The highest BCUT2D eigenvalue weighted by Gasteiger charge is 2.21. The van der Waals surface area contributed by atoms with Gasteiger partial charge in [0.25, 0.3) is 0 Å². The van der Waals surface area contributed by atoms with Crippen LogP contribution in [-0.2, 0) is 0 Å². The minimum atomic E-state index is 0.338. The molecule has 0 fully saturated rings. The maximum Gasteiger partial charge on any atom is 0.0469 e. The summed E-state index contributed by atoms with van der Waals surface area (Å²) in [7, 11) is 0. The van der Waals surface area contributed by atoms with E-state index in [2.05, 4.69) is 229 Å². The Morgan fingerprint density at radius 2 is 1.37 bits per heavy atom. The van der Waals surface area contributed by atoms with Crippen molar-refractivity contribution >= 4 is 50.1 Å². The second-order valence-corrected chi connectivity index (χ2v) is 14.6. The molecule has 0 saturated heterocycles. The number of benzene rings is 6. The van der Waals surface area contributed by atoms with Crippen LogP contribution in [-0.4, -0.2) is 19.6 Å². The van der Waals surface area contributed by atoms with Gasteiger partial charge in [0.15, 0.2) is 0 Å². The van der Waals surface area contributed by atoms with Crippen LogP contribution < -0.4 is 9.80 Å². The Labute approximate surface area is 338 Å². The summed E-state index contributed by atoms with van der Waals surface area (Å²) in [6, 6.07) is 54.2. The van der Waals surface area contributed by atoms with Crippen molar-refractivity contribution in [3.8, 4) is 0 Å². The van der Waals surface area contributed by atoms with Gasteiger partial charge in [-0.25, -0.2) is 0 Å². The van der Waals surface area contributed by atoms with E-state index in [1.165, 1.54) is 27.6 Å². The molecule has 1 aliphatic carbocycles. The topological polar surface area (TPSA) is 6.48 Å². The molecule has 1 heterocycles. The lowest BCUT2D eigenvalue weighted by molar-refractivity contribution is 0.634. The van der Waals surface area contributed by atoms with E-state index in [-0.39, 0.29) is 0 Å². The predicted molar refractivity (Wildman–Crippen MR) is 248 cm³/mol. The number of anilines is 3. The third kappa shape index (κ3) is 8.52. The molecule has 1 atom stereocenters. The molecule has 0 aromatic heterocycles. The van der Waals surface area contributed by atoms with Crippen molar-refractivity contribution in [1.29, 1.82) is 0 Å². The van der Waals surface area contributed by atoms with Gasteiger partial charge in [-0.1, -0.05) is 201 Å². The van der Waals surface area contributed by atoms with E-state index in [4.69, 9.17) is 0 Å². The smallest absolute Gasteiger partial charge is 0.0469 e. The van der Waals surface area contributed by atoms with Gasteiger partial charge in [-0.3, -0.25) is 0 Å². The minimum absolute atomic E-state index is 0.338. The van der Waals surface area contributed by atoms with E-state index < -0.39 is 0 Å². The molecule has 278 valence electrons. The van der Waals surface area contributed by atoms with Gasteiger partial charge in [-0.05, 0) is 86.4 Å². The van der Waals surface area contributed by atoms with Crippen molar-refractivity contribution in [2.24, 2.45) is 5.92 Å². The Morgan fingerprint density at radius 1 is 0.667 bits per heavy atom. The Kier molecular flexibility index (Phi) is 11.5. The molecule has 0 bridgehead atoms. The monoisotopic (exact) mass is 736 g/mol. The zero-order chi connectivity index (χ0) is 38.8. The average Bonchev–Trinajstić information content (AvgIpc) is 3.34. The number of nitrogens with zero attached hydrogens (tertiary/aromatic N) is 2. The summed E-state index contributed by atoms with van der Waals surface area (Å²) < 4.78 is 0. The van der Waals surface area contributed by atoms with Gasteiger partial charge in [0.1, 0.15) is 0 Å². The fourth-order valence-electron chi connectivity index (χ4n) is 8.06. The number of hydrogen-bond donors (Lipinski definition) is 0. The molecule has 2 nitrogen and oxygen atoms in total. The van der Waals surface area contributed by atoms with Crippen LogP contribution >= 0.6 is 0 Å². The molecular formula is C55H48N2. The van der Waals surface area contributed by atoms with Gasteiger partial charge < -0.3 is 9.80 Å². The van der Waals surface area contributed by atoms with Crippen LogP contribution in [0, 0.1) is 5.92 Å². The van der Waals surface area contributed by atoms with Gasteiger partial charge in [-0.2, -0.15) is 0 Å². The first-order valence-corrected chi connectivity index (χ1v) is 19.9. The summed E-state index contributed by atoms with van der Waals surface area (Å²) in [6.07, 6.45) is 23.2. The predicted octanol–water partition coefficient (Wildman–Crippen LogP) is 13.9. The highest BCUT2D eigenvalue weighted by Crippen LogP contribution is 2.38. The van der Waals surface area contributed by atoms with E-state index in [1.807, 2.05) is 6.08 Å². The molecule has 2 aliphatic rings. The third-order valence-corrected chi connectivity index (χ3v) is 10.8. The fourth-order valence-corrected chi connectivity index (χ4v) is 8.06. The molecule has 0 amide bonds. The van der Waals surface area contributed by atoms with E-state index in [0.717, 1.165) is 64.3 Å². The summed E-state index contributed by atoms with van der Waals surface area (Å²) in [5, 5.41) is 2.56. The summed E-state index contributed by atoms with van der Waals surface area (Å²) in [4.78, 5) is 4.96. The van der Waals surface area contributed by atoms with Crippen LogP contribution in [0.5, 0.6) is 0 Å². The lowest BCUT2D eigenvalue weighted by atomic mass is 9.89. The fraction of sp³-hybridized carbons (Fsp3) is 0.0909. The normalized spacial score (nSPS) is 16.8. The van der Waals surface area contributed by atoms with E-state index in [9.17, 15) is 0 Å². The first-order valence-electron chi connectivity index (χ1n) is 19.9. The maximum absolute atomic E-state index is 4.54. The summed E-state index contributed by atoms with van der Waals surface area (Å²) in [6.45, 7) is 11.0. The number of allylic oxidation sites excluding steroid dienone is 11. The standard InChI is InChI=1S/C55H48N2/c1-3-20-51(44-23-9-4-10-24-44)54(45-25-11-5-12-26-45)36-38-57(48-30-13-6-14-31-48)49-34-35-50-42(2)21-8-7-17-37-56(55(50)40-49)41-43-22-18-29-47(39-43)53-33-19-28-46-27-15-16-32-52(46)53/h3-21,23-36,39-40,43H,1-2,22,37-38,41H2/b17-7-,21-8-,51-20-,54-36-. The first kappa shape index (κ1) is 37.0. The first-order chi connectivity index (χ1) is 28.2. The van der Waals surface area contributed by atoms with Crippen LogP contribution in [0.4, 0.5) is 17.1 Å². The van der Waals surface area contributed by atoms with Gasteiger partial charge in [-0.15, -0.1) is 0 Å². The molecule has 57 heavy (non-hydrogen) atoms. The zero-order valence-corrected chi connectivity index (χ0v) is 32.4. The van der Waals surface area contributed by atoms with Crippen molar-refractivity contribution in [3.63, 3.8) is 0 Å². The molecule has 6 aromatic carbocycles. The third-order valence-electron chi connectivity index (χ3n) is 10.8. The van der Waals surface area contributed by atoms with Crippen LogP contribution in [0.2, 0.25) is 0 Å². The van der Waals surface area contributed by atoms with E-state index in [0.29, 0.717) is 12.5 Å². The number of hydrogen-bond acceptors (Lipinski definition) is 2. The van der Waals surface area contributed by atoms with Crippen molar-refractivity contribution in [1.82, 2.24) is 0 Å². The number of rotatable bonds is 11. The molecular weight excluding hydrogens is 689 g/mol. The molecule has 0 N–H and O–H groups in total. The van der Waals surface area contributed by atoms with Crippen molar-refractivity contribution < 1.29 is 0 Å². The van der Waals surface area contributed by atoms with Crippen molar-refractivity contribution in [2.45, 2.75) is 6.42 Å². The Balaban J connectivity index is 1.19. The summed E-state index contributed by atoms with van der Waals surface area (Å²) in [5.41, 5.74) is 12.8. The second kappa shape index (κ2) is 17.7. The molecule has 8 rings (SSSR count). The molecule has 1 aliphatic heterocycles. The highest BCUT2D eigenvalue weighted by molar-refractivity contribution is 6.05. The Bertz CT molecular complexity index is 2540. The summed E-state index contributed by atoms with van der Waals surface area (Å²) >= 11 is 0. The van der Waals surface area contributed by atoms with E-state index >= 15 is 0 Å². The van der Waals surface area contributed by atoms with Gasteiger partial charge in [0.05, 0.1) is 0 Å². The SMILES string of the molecule is C=C/C=C(\C(=C/CN(c1ccccc1)c1ccc2c(c1)N(CC1C=C(c3cccc4ccccc34)C=CC1)C/C=C\C=C/C2=C)c1ccccc1)c1ccccc1. The van der Waals surface area contributed by atoms with Gasteiger partial charge in [0.2, 0.25) is 0 Å². The second-order valence-electron chi connectivity index (χ2n) is 14.6. The molecule has 0 saturated carbocycles. The molecule has 0 spiro atoms. The van der Waals surface area contributed by atoms with Crippen molar-refractivity contribution in [3.05, 3.63) is 248 Å². The Morgan fingerprint density at radius 3 is 2.14 bits per heavy atom.